The quantitative estimate of drug-likeness (QED) is 0.940. The maximum absolute atomic E-state index is 6.10. The monoisotopic (exact) mass is 285 g/mol. The second kappa shape index (κ2) is 5.04. The van der Waals surface area contributed by atoms with Crippen molar-refractivity contribution >= 4 is 34.8 Å². The number of nitrogens with two attached hydrogens (primary N) is 1. The maximum atomic E-state index is 6.10. The molecule has 96 valence electrons. The van der Waals surface area contributed by atoms with Gasteiger partial charge >= 0.3 is 0 Å². The van der Waals surface area contributed by atoms with Crippen molar-refractivity contribution in [1.29, 1.82) is 0 Å². The van der Waals surface area contributed by atoms with Crippen molar-refractivity contribution in [2.45, 2.75) is 6.54 Å². The van der Waals surface area contributed by atoms with Gasteiger partial charge in [-0.25, -0.2) is 4.98 Å². The zero-order valence-electron chi connectivity index (χ0n) is 10.1. The Morgan fingerprint density at radius 3 is 2.72 bits per heavy atom. The molecule has 0 aliphatic heterocycles. The molecule has 2 heterocycles. The summed E-state index contributed by atoms with van der Waals surface area (Å²) in [4.78, 5) is 6.08. The van der Waals surface area contributed by atoms with Gasteiger partial charge in [0.2, 0.25) is 0 Å². The van der Waals surface area contributed by atoms with Gasteiger partial charge in [0.05, 0.1) is 16.2 Å². The van der Waals surface area contributed by atoms with E-state index in [2.05, 4.69) is 10.1 Å². The zero-order valence-corrected chi connectivity index (χ0v) is 11.6. The first-order valence-electron chi connectivity index (χ1n) is 5.27. The van der Waals surface area contributed by atoms with Crippen LogP contribution in [-0.2, 0) is 13.6 Å². The van der Waals surface area contributed by atoms with E-state index in [1.165, 1.54) is 0 Å². The van der Waals surface area contributed by atoms with Crippen LogP contribution >= 0.6 is 23.2 Å². The molecule has 0 aliphatic rings. The molecule has 0 fully saturated rings. The fourth-order valence-electron chi connectivity index (χ4n) is 1.64. The average Bonchev–Trinajstić information content (AvgIpc) is 2.69. The molecule has 2 aromatic heterocycles. The fraction of sp³-hybridized carbons (Fsp3) is 0.273. The Bertz CT molecular complexity index is 567. The van der Waals surface area contributed by atoms with Crippen LogP contribution in [0, 0.1) is 0 Å². The molecule has 0 saturated carbocycles. The lowest BCUT2D eigenvalue weighted by Gasteiger charge is -2.19. The van der Waals surface area contributed by atoms with Crippen LogP contribution < -0.4 is 10.6 Å². The lowest BCUT2D eigenvalue weighted by atomic mass is 10.3. The molecule has 2 aromatic rings. The third kappa shape index (κ3) is 2.68. The van der Waals surface area contributed by atoms with Crippen molar-refractivity contribution < 1.29 is 0 Å². The molecule has 5 nitrogen and oxygen atoms in total. The van der Waals surface area contributed by atoms with E-state index in [1.54, 1.807) is 16.9 Å². The fourth-order valence-corrected chi connectivity index (χ4v) is 2.14. The summed E-state index contributed by atoms with van der Waals surface area (Å²) in [6, 6.07) is 1.60. The zero-order chi connectivity index (χ0) is 13.3. The Morgan fingerprint density at radius 1 is 1.39 bits per heavy atom. The van der Waals surface area contributed by atoms with Crippen LogP contribution in [0.3, 0.4) is 0 Å². The average molecular weight is 286 g/mol. The Balaban J connectivity index is 2.23. The molecule has 0 bridgehead atoms. The lowest BCUT2D eigenvalue weighted by Crippen LogP contribution is -2.18. The molecule has 2 N–H and O–H groups in total. The first-order valence-corrected chi connectivity index (χ1v) is 6.03. The van der Waals surface area contributed by atoms with Gasteiger partial charge in [-0.05, 0) is 6.07 Å². The number of pyridine rings is 1. The summed E-state index contributed by atoms with van der Waals surface area (Å²) in [7, 11) is 3.75. The van der Waals surface area contributed by atoms with Gasteiger partial charge in [-0.2, -0.15) is 5.10 Å². The van der Waals surface area contributed by atoms with E-state index in [-0.39, 0.29) is 5.82 Å². The summed E-state index contributed by atoms with van der Waals surface area (Å²) in [6.45, 7) is 0.641. The van der Waals surface area contributed by atoms with Crippen LogP contribution in [0.4, 0.5) is 11.6 Å². The Morgan fingerprint density at radius 2 is 2.11 bits per heavy atom. The number of aryl methyl sites for hydroxylation is 1. The molecule has 7 heteroatoms. The third-order valence-corrected chi connectivity index (χ3v) is 3.06. The number of aromatic nitrogens is 3. The van der Waals surface area contributed by atoms with Crippen LogP contribution in [0.2, 0.25) is 10.0 Å². The van der Waals surface area contributed by atoms with Crippen molar-refractivity contribution in [2.24, 2.45) is 7.05 Å². The highest BCUT2D eigenvalue weighted by Gasteiger charge is 2.12. The molecular weight excluding hydrogens is 273 g/mol. The van der Waals surface area contributed by atoms with Gasteiger partial charge in [0, 0.05) is 32.4 Å². The number of nitrogen functional groups attached to an aromatic ring is 1. The molecule has 0 radical (unpaired) electrons. The van der Waals surface area contributed by atoms with Gasteiger partial charge in [-0.3, -0.25) is 4.68 Å². The molecule has 0 aliphatic carbocycles. The minimum atomic E-state index is 0.272. The molecule has 2 rings (SSSR count). The Labute approximate surface area is 115 Å². The predicted octanol–water partition coefficient (Wildman–Crippen LogP) is 2.34. The lowest BCUT2D eigenvalue weighted by molar-refractivity contribution is 0.766. The minimum absolute atomic E-state index is 0.272. The molecule has 0 amide bonds. The van der Waals surface area contributed by atoms with Crippen LogP contribution in [0.1, 0.15) is 5.56 Å². The van der Waals surface area contributed by atoms with Crippen molar-refractivity contribution in [3.8, 4) is 0 Å². The number of halogens is 2. The molecule has 18 heavy (non-hydrogen) atoms. The SMILES string of the molecule is CN(Cc1cnn(C)c1)c1nc(N)c(Cl)cc1Cl. The summed E-state index contributed by atoms with van der Waals surface area (Å²) in [5.41, 5.74) is 6.74. The van der Waals surface area contributed by atoms with E-state index < -0.39 is 0 Å². The molecule has 0 spiro atoms. The van der Waals surface area contributed by atoms with Crippen molar-refractivity contribution in [3.63, 3.8) is 0 Å². The van der Waals surface area contributed by atoms with Crippen molar-refractivity contribution in [2.75, 3.05) is 17.7 Å². The minimum Gasteiger partial charge on any atom is -0.382 e. The summed E-state index contributed by atoms with van der Waals surface area (Å²) in [5.74, 6) is 0.872. The van der Waals surface area contributed by atoms with E-state index in [9.17, 15) is 0 Å². The van der Waals surface area contributed by atoms with Crippen LogP contribution in [0.15, 0.2) is 18.5 Å². The standard InChI is InChI=1S/C11H13Cl2N5/c1-17(5-7-4-15-18(2)6-7)11-9(13)3-8(12)10(14)16-11/h3-4,6H,5H2,1-2H3,(H2,14,16). The Kier molecular flexibility index (Phi) is 3.63. The number of hydrogen-bond donors (Lipinski definition) is 1. The Hall–Kier alpha value is -1.46. The van der Waals surface area contributed by atoms with E-state index >= 15 is 0 Å². The highest BCUT2D eigenvalue weighted by atomic mass is 35.5. The molecule has 0 unspecified atom stereocenters. The normalized spacial score (nSPS) is 10.7. The molecular formula is C11H13Cl2N5. The van der Waals surface area contributed by atoms with Gasteiger partial charge in [0.1, 0.15) is 11.6 Å². The van der Waals surface area contributed by atoms with E-state index in [1.807, 2.05) is 25.2 Å². The highest BCUT2D eigenvalue weighted by molar-refractivity contribution is 6.37. The van der Waals surface area contributed by atoms with Gasteiger partial charge in [0.15, 0.2) is 0 Å². The summed E-state index contributed by atoms with van der Waals surface area (Å²) in [5, 5.41) is 4.94. The number of anilines is 2. The largest absolute Gasteiger partial charge is 0.382 e. The van der Waals surface area contributed by atoms with Crippen LogP contribution in [0.5, 0.6) is 0 Å². The third-order valence-electron chi connectivity index (χ3n) is 2.48. The van der Waals surface area contributed by atoms with Gasteiger partial charge in [0.25, 0.3) is 0 Å². The van der Waals surface area contributed by atoms with Crippen molar-refractivity contribution in [1.82, 2.24) is 14.8 Å². The van der Waals surface area contributed by atoms with E-state index in [0.717, 1.165) is 5.56 Å². The van der Waals surface area contributed by atoms with Crippen LogP contribution in [0.25, 0.3) is 0 Å². The first-order chi connectivity index (χ1) is 8.47. The van der Waals surface area contributed by atoms with Gasteiger partial charge < -0.3 is 10.6 Å². The van der Waals surface area contributed by atoms with E-state index in [0.29, 0.717) is 22.4 Å². The van der Waals surface area contributed by atoms with Gasteiger partial charge in [-0.15, -0.1) is 0 Å². The second-order valence-corrected chi connectivity index (χ2v) is 4.85. The van der Waals surface area contributed by atoms with Crippen molar-refractivity contribution in [3.05, 3.63) is 34.1 Å². The smallest absolute Gasteiger partial charge is 0.149 e. The summed E-state index contributed by atoms with van der Waals surface area (Å²) >= 11 is 12.0. The first kappa shape index (κ1) is 13.0. The summed E-state index contributed by atoms with van der Waals surface area (Å²) < 4.78 is 1.74. The number of rotatable bonds is 3. The summed E-state index contributed by atoms with van der Waals surface area (Å²) in [6.07, 6.45) is 3.73. The number of hydrogen-bond acceptors (Lipinski definition) is 4. The highest BCUT2D eigenvalue weighted by Crippen LogP contribution is 2.29. The van der Waals surface area contributed by atoms with Gasteiger partial charge in [-0.1, -0.05) is 23.2 Å². The van der Waals surface area contributed by atoms with E-state index in [4.69, 9.17) is 28.9 Å². The topological polar surface area (TPSA) is 60.0 Å². The molecule has 0 saturated heterocycles. The second-order valence-electron chi connectivity index (χ2n) is 4.04. The van der Waals surface area contributed by atoms with Crippen LogP contribution in [-0.4, -0.2) is 21.8 Å². The maximum Gasteiger partial charge on any atom is 0.149 e. The molecule has 0 aromatic carbocycles. The predicted molar refractivity (Wildman–Crippen MR) is 74.0 cm³/mol. The number of nitrogens with zero attached hydrogens (tertiary/aromatic N) is 4. The molecule has 0 atom stereocenters.